The van der Waals surface area contributed by atoms with Gasteiger partial charge in [0, 0.05) is 17.8 Å². The monoisotopic (exact) mass is 253 g/mol. The maximum absolute atomic E-state index is 10.4. The number of methoxy groups -OCH3 is 1. The first-order chi connectivity index (χ1) is 9.12. The number of aromatic nitrogens is 1. The van der Waals surface area contributed by atoms with Crippen molar-refractivity contribution in [2.75, 3.05) is 7.11 Å². The van der Waals surface area contributed by atoms with Crippen molar-refractivity contribution < 1.29 is 9.84 Å². The highest BCUT2D eigenvalue weighted by Gasteiger charge is 2.22. The van der Waals surface area contributed by atoms with Gasteiger partial charge in [0.1, 0.15) is 5.75 Å². The van der Waals surface area contributed by atoms with Gasteiger partial charge in [-0.25, -0.2) is 0 Å². The average Bonchev–Trinajstić information content (AvgIpc) is 2.46. The third-order valence-electron chi connectivity index (χ3n) is 2.69. The lowest BCUT2D eigenvalue weighted by atomic mass is 10.0. The molecule has 3 heteroatoms. The van der Waals surface area contributed by atoms with Gasteiger partial charge in [-0.2, -0.15) is 0 Å². The Morgan fingerprint density at radius 3 is 2.63 bits per heavy atom. The number of ether oxygens (including phenoxy) is 1. The van der Waals surface area contributed by atoms with E-state index < -0.39 is 5.60 Å². The predicted octanol–water partition coefficient (Wildman–Crippen LogP) is 2.35. The minimum atomic E-state index is -1.32. The van der Waals surface area contributed by atoms with E-state index in [0.717, 1.165) is 5.56 Å². The first-order valence-electron chi connectivity index (χ1n) is 5.93. The van der Waals surface area contributed by atoms with E-state index in [1.807, 2.05) is 30.3 Å². The largest absolute Gasteiger partial charge is 0.497 e. The minimum Gasteiger partial charge on any atom is -0.497 e. The van der Waals surface area contributed by atoms with Gasteiger partial charge < -0.3 is 9.84 Å². The molecule has 0 unspecified atom stereocenters. The third-order valence-corrected chi connectivity index (χ3v) is 2.69. The highest BCUT2D eigenvalue weighted by molar-refractivity contribution is 5.38. The fraction of sp³-hybridized carbons (Fsp3) is 0.188. The lowest BCUT2D eigenvalue weighted by Gasteiger charge is -2.16. The Bertz CT molecular complexity index is 609. The molecule has 19 heavy (non-hydrogen) atoms. The summed E-state index contributed by atoms with van der Waals surface area (Å²) >= 11 is 0. The van der Waals surface area contributed by atoms with E-state index in [0.29, 0.717) is 11.4 Å². The minimum absolute atomic E-state index is 0.468. The van der Waals surface area contributed by atoms with E-state index in [2.05, 4.69) is 16.8 Å². The summed E-state index contributed by atoms with van der Waals surface area (Å²) in [6.45, 7) is 1.62. The van der Waals surface area contributed by atoms with Gasteiger partial charge >= 0.3 is 0 Å². The Morgan fingerprint density at radius 1 is 1.21 bits per heavy atom. The van der Waals surface area contributed by atoms with Gasteiger partial charge in [0.25, 0.3) is 0 Å². The Morgan fingerprint density at radius 2 is 1.95 bits per heavy atom. The Kier molecular flexibility index (Phi) is 3.84. The average molecular weight is 253 g/mol. The molecule has 1 aromatic carbocycles. The quantitative estimate of drug-likeness (QED) is 0.835. The van der Waals surface area contributed by atoms with E-state index in [1.165, 1.54) is 0 Å². The maximum Gasteiger partial charge on any atom is 0.165 e. The zero-order valence-electron chi connectivity index (χ0n) is 10.9. The summed E-state index contributed by atoms with van der Waals surface area (Å²) in [6.07, 6.45) is 1.59. The molecule has 3 nitrogen and oxygen atoms in total. The van der Waals surface area contributed by atoms with E-state index in [9.17, 15) is 5.11 Å². The summed E-state index contributed by atoms with van der Waals surface area (Å²) in [5.41, 5.74) is 0.00523. The normalized spacial score (nSPS) is 13.0. The molecule has 1 heterocycles. The molecule has 0 bridgehead atoms. The molecule has 0 aliphatic heterocycles. The van der Waals surface area contributed by atoms with Crippen LogP contribution in [0.15, 0.2) is 48.7 Å². The van der Waals surface area contributed by atoms with Crippen molar-refractivity contribution >= 4 is 0 Å². The Hall–Kier alpha value is -2.31. The van der Waals surface area contributed by atoms with Crippen LogP contribution in [-0.2, 0) is 5.60 Å². The lowest BCUT2D eigenvalue weighted by Crippen LogP contribution is -2.20. The van der Waals surface area contributed by atoms with Crippen molar-refractivity contribution in [2.24, 2.45) is 0 Å². The summed E-state index contributed by atoms with van der Waals surface area (Å²) in [6, 6.07) is 12.9. The molecule has 0 amide bonds. The zero-order valence-corrected chi connectivity index (χ0v) is 10.9. The Labute approximate surface area is 112 Å². The number of hydrogen-bond donors (Lipinski definition) is 1. The van der Waals surface area contributed by atoms with E-state index in [1.54, 1.807) is 32.4 Å². The second kappa shape index (κ2) is 5.55. The van der Waals surface area contributed by atoms with Gasteiger partial charge in [0.05, 0.1) is 12.8 Å². The molecule has 0 spiro atoms. The molecule has 0 aliphatic rings. The van der Waals surface area contributed by atoms with Gasteiger partial charge in [-0.1, -0.05) is 30.0 Å². The second-order valence-corrected chi connectivity index (χ2v) is 4.27. The van der Waals surface area contributed by atoms with Gasteiger partial charge in [0.2, 0.25) is 0 Å². The SMILES string of the molecule is COc1ccnc([C@@](C)(O)C#Cc2ccccc2)c1. The summed E-state index contributed by atoms with van der Waals surface area (Å²) < 4.78 is 5.11. The van der Waals surface area contributed by atoms with Crippen LogP contribution < -0.4 is 4.74 Å². The van der Waals surface area contributed by atoms with Crippen LogP contribution in [0, 0.1) is 11.8 Å². The standard InChI is InChI=1S/C16H15NO2/c1-16(18,10-8-13-6-4-3-5-7-13)15-12-14(19-2)9-11-17-15/h3-7,9,11-12,18H,1-2H3/t16-/m0/s1. The molecule has 96 valence electrons. The van der Waals surface area contributed by atoms with Crippen LogP contribution in [0.1, 0.15) is 18.2 Å². The van der Waals surface area contributed by atoms with Crippen molar-refractivity contribution in [1.29, 1.82) is 0 Å². The topological polar surface area (TPSA) is 42.4 Å². The molecule has 0 radical (unpaired) electrons. The molecular formula is C16H15NO2. The molecular weight excluding hydrogens is 238 g/mol. The smallest absolute Gasteiger partial charge is 0.165 e. The van der Waals surface area contributed by atoms with Crippen LogP contribution in [-0.4, -0.2) is 17.2 Å². The fourth-order valence-corrected chi connectivity index (χ4v) is 1.58. The molecule has 0 fully saturated rings. The second-order valence-electron chi connectivity index (χ2n) is 4.27. The zero-order chi connectivity index (χ0) is 13.7. The van der Waals surface area contributed by atoms with Crippen molar-refractivity contribution in [2.45, 2.75) is 12.5 Å². The van der Waals surface area contributed by atoms with Crippen LogP contribution in [0.3, 0.4) is 0 Å². The molecule has 0 aliphatic carbocycles. The van der Waals surface area contributed by atoms with E-state index in [4.69, 9.17) is 4.74 Å². The van der Waals surface area contributed by atoms with Crippen molar-refractivity contribution in [1.82, 2.24) is 4.98 Å². The fourth-order valence-electron chi connectivity index (χ4n) is 1.58. The summed E-state index contributed by atoms with van der Waals surface area (Å²) in [7, 11) is 1.57. The molecule has 2 rings (SSSR count). The maximum atomic E-state index is 10.4. The van der Waals surface area contributed by atoms with Crippen molar-refractivity contribution in [3.63, 3.8) is 0 Å². The molecule has 1 atom stereocenters. The highest BCUT2D eigenvalue weighted by Crippen LogP contribution is 2.21. The number of rotatable bonds is 2. The molecule has 2 aromatic rings. The van der Waals surface area contributed by atoms with Gasteiger partial charge in [-0.05, 0) is 25.1 Å². The molecule has 0 saturated carbocycles. The number of benzene rings is 1. The van der Waals surface area contributed by atoms with Crippen LogP contribution in [0.4, 0.5) is 0 Å². The number of hydrogen-bond acceptors (Lipinski definition) is 3. The van der Waals surface area contributed by atoms with Crippen LogP contribution in [0.25, 0.3) is 0 Å². The van der Waals surface area contributed by atoms with Gasteiger partial charge in [-0.15, -0.1) is 0 Å². The van der Waals surface area contributed by atoms with Crippen LogP contribution >= 0.6 is 0 Å². The summed E-state index contributed by atoms with van der Waals surface area (Å²) in [4.78, 5) is 4.14. The molecule has 0 saturated heterocycles. The van der Waals surface area contributed by atoms with Gasteiger partial charge in [-0.3, -0.25) is 4.98 Å². The molecule has 1 N–H and O–H groups in total. The van der Waals surface area contributed by atoms with Gasteiger partial charge in [0.15, 0.2) is 5.60 Å². The third kappa shape index (κ3) is 3.34. The first-order valence-corrected chi connectivity index (χ1v) is 5.93. The van der Waals surface area contributed by atoms with Crippen LogP contribution in [0.5, 0.6) is 5.75 Å². The lowest BCUT2D eigenvalue weighted by molar-refractivity contribution is 0.117. The Balaban J connectivity index is 2.30. The molecule has 1 aromatic heterocycles. The predicted molar refractivity (Wildman–Crippen MR) is 73.7 cm³/mol. The first kappa shape index (κ1) is 13.1. The summed E-state index contributed by atoms with van der Waals surface area (Å²) in [5.74, 6) is 6.42. The highest BCUT2D eigenvalue weighted by atomic mass is 16.5. The summed E-state index contributed by atoms with van der Waals surface area (Å²) in [5, 5.41) is 10.4. The van der Waals surface area contributed by atoms with Crippen molar-refractivity contribution in [3.8, 4) is 17.6 Å². The van der Waals surface area contributed by atoms with Crippen molar-refractivity contribution in [3.05, 3.63) is 59.9 Å². The number of pyridine rings is 1. The van der Waals surface area contributed by atoms with Crippen LogP contribution in [0.2, 0.25) is 0 Å². The number of aliphatic hydroxyl groups is 1. The van der Waals surface area contributed by atoms with E-state index in [-0.39, 0.29) is 0 Å². The van der Waals surface area contributed by atoms with E-state index >= 15 is 0 Å². The number of nitrogens with zero attached hydrogens (tertiary/aromatic N) is 1.